The van der Waals surface area contributed by atoms with Crippen molar-refractivity contribution in [1.82, 2.24) is 4.90 Å². The summed E-state index contributed by atoms with van der Waals surface area (Å²) in [4.78, 5) is 2.27. The van der Waals surface area contributed by atoms with Crippen LogP contribution in [0.5, 0.6) is 5.75 Å². The van der Waals surface area contributed by atoms with Crippen LogP contribution in [-0.4, -0.2) is 51.6 Å². The summed E-state index contributed by atoms with van der Waals surface area (Å²) in [6.07, 6.45) is 0.482. The van der Waals surface area contributed by atoms with E-state index in [4.69, 9.17) is 16.3 Å². The molecule has 130 valence electrons. The number of aliphatic hydroxyl groups excluding tert-OH is 2. The molecule has 0 aromatic heterocycles. The van der Waals surface area contributed by atoms with Crippen molar-refractivity contribution < 1.29 is 14.9 Å². The van der Waals surface area contributed by atoms with Gasteiger partial charge in [0.2, 0.25) is 0 Å². The van der Waals surface area contributed by atoms with Crippen LogP contribution in [0.2, 0.25) is 5.02 Å². The van der Waals surface area contributed by atoms with E-state index < -0.39 is 6.10 Å². The van der Waals surface area contributed by atoms with Gasteiger partial charge in [-0.05, 0) is 52.7 Å². The molecule has 2 N–H and O–H groups in total. The van der Waals surface area contributed by atoms with Crippen molar-refractivity contribution in [3.05, 3.63) is 29.3 Å². The highest BCUT2D eigenvalue weighted by molar-refractivity contribution is 6.32. The third-order valence-electron chi connectivity index (χ3n) is 4.59. The first-order valence-corrected chi connectivity index (χ1v) is 8.51. The van der Waals surface area contributed by atoms with E-state index in [1.807, 2.05) is 12.1 Å². The summed E-state index contributed by atoms with van der Waals surface area (Å²) in [6, 6.07) is 7.25. The molecule has 5 heteroatoms. The average molecular weight is 342 g/mol. The lowest BCUT2D eigenvalue weighted by atomic mass is 9.78. The maximum Gasteiger partial charge on any atom is 0.138 e. The number of ether oxygens (including phenoxy) is 1. The van der Waals surface area contributed by atoms with Crippen LogP contribution in [0.25, 0.3) is 0 Å². The first-order valence-electron chi connectivity index (χ1n) is 8.13. The summed E-state index contributed by atoms with van der Waals surface area (Å²) in [5.74, 6) is 0.584. The Morgan fingerprint density at radius 2 is 1.78 bits per heavy atom. The molecule has 1 aliphatic rings. The largest absolute Gasteiger partial charge is 0.489 e. The van der Waals surface area contributed by atoms with Crippen LogP contribution in [0.3, 0.4) is 0 Å². The third kappa shape index (κ3) is 4.60. The van der Waals surface area contributed by atoms with Crippen molar-refractivity contribution in [2.75, 3.05) is 13.2 Å². The molecule has 1 fully saturated rings. The van der Waals surface area contributed by atoms with Crippen LogP contribution >= 0.6 is 11.6 Å². The van der Waals surface area contributed by atoms with E-state index >= 15 is 0 Å². The number of likely N-dealkylation sites (tertiary alicyclic amines) is 1. The first kappa shape index (κ1) is 18.5. The van der Waals surface area contributed by atoms with E-state index in [2.05, 4.69) is 32.6 Å². The second-order valence-electron chi connectivity index (χ2n) is 7.69. The van der Waals surface area contributed by atoms with Crippen LogP contribution in [0, 0.1) is 0 Å². The lowest BCUT2D eigenvalue weighted by Gasteiger charge is -2.54. The van der Waals surface area contributed by atoms with Gasteiger partial charge in [0.1, 0.15) is 18.5 Å². The van der Waals surface area contributed by atoms with Gasteiger partial charge in [-0.25, -0.2) is 0 Å². The molecule has 0 spiro atoms. The molecule has 0 bridgehead atoms. The lowest BCUT2D eigenvalue weighted by molar-refractivity contribution is -0.1000. The first-order chi connectivity index (χ1) is 10.6. The minimum Gasteiger partial charge on any atom is -0.489 e. The highest BCUT2D eigenvalue weighted by Gasteiger charge is 2.45. The second-order valence-corrected chi connectivity index (χ2v) is 8.10. The molecule has 0 radical (unpaired) electrons. The number of aliphatic hydroxyl groups is 2. The van der Waals surface area contributed by atoms with Gasteiger partial charge in [-0.1, -0.05) is 23.7 Å². The molecule has 23 heavy (non-hydrogen) atoms. The molecule has 2 rings (SSSR count). The van der Waals surface area contributed by atoms with Crippen molar-refractivity contribution in [2.45, 2.75) is 63.8 Å². The van der Waals surface area contributed by atoms with Gasteiger partial charge in [0.25, 0.3) is 0 Å². The molecule has 1 aromatic carbocycles. The molecular formula is C18H28ClNO3. The van der Waals surface area contributed by atoms with E-state index in [0.29, 0.717) is 30.2 Å². The lowest BCUT2D eigenvalue weighted by Crippen LogP contribution is -2.63. The Labute approximate surface area is 144 Å². The van der Waals surface area contributed by atoms with E-state index in [1.54, 1.807) is 12.1 Å². The number of para-hydroxylation sites is 1. The Morgan fingerprint density at radius 3 is 2.35 bits per heavy atom. The van der Waals surface area contributed by atoms with Crippen molar-refractivity contribution >= 4 is 11.6 Å². The Hall–Kier alpha value is -0.810. The number of nitrogens with zero attached hydrogens (tertiary/aromatic N) is 1. The van der Waals surface area contributed by atoms with Gasteiger partial charge in [-0.15, -0.1) is 0 Å². The quantitative estimate of drug-likeness (QED) is 0.864. The van der Waals surface area contributed by atoms with Crippen molar-refractivity contribution in [1.29, 1.82) is 0 Å². The molecule has 1 heterocycles. The number of rotatable bonds is 5. The van der Waals surface area contributed by atoms with Crippen molar-refractivity contribution in [3.63, 3.8) is 0 Å². The minimum atomic E-state index is -0.625. The fourth-order valence-electron chi connectivity index (χ4n) is 3.77. The molecular weight excluding hydrogens is 314 g/mol. The molecule has 1 atom stereocenters. The average Bonchev–Trinajstić information content (AvgIpc) is 2.41. The van der Waals surface area contributed by atoms with Crippen LogP contribution in [0.4, 0.5) is 0 Å². The molecule has 0 amide bonds. The molecule has 1 aromatic rings. The molecule has 0 unspecified atom stereocenters. The smallest absolute Gasteiger partial charge is 0.138 e. The predicted octanol–water partition coefficient (Wildman–Crippen LogP) is 3.09. The van der Waals surface area contributed by atoms with Crippen LogP contribution in [-0.2, 0) is 0 Å². The fourth-order valence-corrected chi connectivity index (χ4v) is 3.96. The van der Waals surface area contributed by atoms with Gasteiger partial charge >= 0.3 is 0 Å². The van der Waals surface area contributed by atoms with Gasteiger partial charge < -0.3 is 14.9 Å². The van der Waals surface area contributed by atoms with Crippen molar-refractivity contribution in [3.8, 4) is 5.75 Å². The predicted molar refractivity (Wildman–Crippen MR) is 93.1 cm³/mol. The number of benzene rings is 1. The zero-order valence-corrected chi connectivity index (χ0v) is 15.2. The Morgan fingerprint density at radius 1 is 1.22 bits per heavy atom. The second kappa shape index (κ2) is 6.98. The Bertz CT molecular complexity index is 515. The van der Waals surface area contributed by atoms with Gasteiger partial charge in [0.05, 0.1) is 11.1 Å². The third-order valence-corrected chi connectivity index (χ3v) is 4.91. The SMILES string of the molecule is CC1(C)CC(O)CC(C)(C)N1C[C@@H](O)COc1ccccc1Cl. The highest BCUT2D eigenvalue weighted by atomic mass is 35.5. The van der Waals surface area contributed by atoms with Gasteiger partial charge in [0.15, 0.2) is 0 Å². The number of β-amino-alcohol motifs (C(OH)–C–C–N with tert-alkyl or cyclic N) is 1. The number of hydrogen-bond acceptors (Lipinski definition) is 4. The van der Waals surface area contributed by atoms with Gasteiger partial charge in [0, 0.05) is 17.6 Å². The van der Waals surface area contributed by atoms with E-state index in [0.717, 1.165) is 0 Å². The highest BCUT2D eigenvalue weighted by Crippen LogP contribution is 2.38. The summed E-state index contributed by atoms with van der Waals surface area (Å²) < 4.78 is 5.64. The summed E-state index contributed by atoms with van der Waals surface area (Å²) in [7, 11) is 0. The normalized spacial score (nSPS) is 22.7. The summed E-state index contributed by atoms with van der Waals surface area (Å²) in [5, 5.41) is 21.0. The number of halogens is 1. The number of piperidine rings is 1. The minimum absolute atomic E-state index is 0.174. The zero-order valence-electron chi connectivity index (χ0n) is 14.4. The summed E-state index contributed by atoms with van der Waals surface area (Å²) in [6.45, 7) is 9.13. The van der Waals surface area contributed by atoms with Crippen LogP contribution < -0.4 is 4.74 Å². The zero-order chi connectivity index (χ0) is 17.3. The van der Waals surface area contributed by atoms with Crippen molar-refractivity contribution in [2.24, 2.45) is 0 Å². The number of hydrogen-bond donors (Lipinski definition) is 2. The monoisotopic (exact) mass is 341 g/mol. The maximum absolute atomic E-state index is 10.4. The molecule has 0 aliphatic carbocycles. The Balaban J connectivity index is 1.98. The molecule has 0 saturated carbocycles. The van der Waals surface area contributed by atoms with E-state index in [1.165, 1.54) is 0 Å². The molecule has 4 nitrogen and oxygen atoms in total. The summed E-state index contributed by atoms with van der Waals surface area (Å²) >= 11 is 6.06. The molecule has 1 saturated heterocycles. The van der Waals surface area contributed by atoms with E-state index in [-0.39, 0.29) is 23.8 Å². The Kier molecular flexibility index (Phi) is 5.62. The molecule has 1 aliphatic heterocycles. The van der Waals surface area contributed by atoms with Crippen LogP contribution in [0.15, 0.2) is 24.3 Å². The van der Waals surface area contributed by atoms with Gasteiger partial charge in [-0.3, -0.25) is 4.90 Å². The van der Waals surface area contributed by atoms with E-state index in [9.17, 15) is 10.2 Å². The topological polar surface area (TPSA) is 52.9 Å². The van der Waals surface area contributed by atoms with Crippen LogP contribution in [0.1, 0.15) is 40.5 Å². The summed E-state index contributed by atoms with van der Waals surface area (Å²) in [5.41, 5.74) is -0.348. The maximum atomic E-state index is 10.4. The van der Waals surface area contributed by atoms with Gasteiger partial charge in [-0.2, -0.15) is 0 Å². The standard InChI is InChI=1S/C18H28ClNO3/c1-17(2)9-13(21)10-18(3,4)20(17)11-14(22)12-23-16-8-6-5-7-15(16)19/h5-8,13-14,21-22H,9-12H2,1-4H3/t14-/m1/s1. The fraction of sp³-hybridized carbons (Fsp3) is 0.667.